The molecule has 0 fully saturated rings. The fourth-order valence-corrected chi connectivity index (χ4v) is 7.90. The van der Waals surface area contributed by atoms with Crippen molar-refractivity contribution in [3.63, 3.8) is 0 Å². The van der Waals surface area contributed by atoms with Gasteiger partial charge in [-0.3, -0.25) is 0 Å². The van der Waals surface area contributed by atoms with Crippen molar-refractivity contribution in [2.24, 2.45) is 0 Å². The van der Waals surface area contributed by atoms with Crippen LogP contribution in [0.1, 0.15) is 13.8 Å². The molecule has 0 saturated heterocycles. The zero-order valence-corrected chi connectivity index (χ0v) is 65.6. The van der Waals surface area contributed by atoms with Crippen molar-refractivity contribution >= 4 is 52.6 Å². The number of halogens is 57. The standard InChI is InChI=1S/C30H33F27N6O12.C17H10F27NO8.C3Cl3N3/c1-3-61(12(5-64)6-65)15-58-16(62(4-2)13(7-66)8-67)60-17(59-15)63(14(9-68)10-69)11-18(31,32)70-21(38,39)22(40,41)72-25(46,47)26(48,49)74-29(54,55)30(56,57)75-28(52,53)27(50,51)73-24(44,45)23(42,43)71-20(36,37)19(33,34)35;18-5(19,3-45-4(1-46)2-47)48-8(25,26)9(27,28)50-12(33,34)13(35,36)52-16(41,42)17(43,44)53-15(39,40)14(37,38)51-11(31,32)10(29,30)49-7(23,24)6(20,21)22;4-1-7-2(5)9-3(6)8-1/h12-14,64-69H,3-11H2,1-2H3;4,45-47H,1-3H2;. The van der Waals surface area contributed by atoms with Gasteiger partial charge in [0, 0.05) is 13.1 Å². The number of ether oxygens (including phenoxy) is 12. The molecule has 137 heavy (non-hydrogen) atoms. The van der Waals surface area contributed by atoms with Gasteiger partial charge in [-0.15, -0.1) is 0 Å². The van der Waals surface area contributed by atoms with Crippen LogP contribution >= 0.6 is 34.8 Å². The van der Waals surface area contributed by atoms with Gasteiger partial charge in [0.1, 0.15) is 6.54 Å². The molecule has 0 aliphatic carbocycles. The molecule has 0 aromatic carbocycles. The summed E-state index contributed by atoms with van der Waals surface area (Å²) in [5.41, 5.74) is 0. The van der Waals surface area contributed by atoms with Crippen LogP contribution in [0.4, 0.5) is 255 Å². The maximum absolute atomic E-state index is 15.3. The quantitative estimate of drug-likeness (QED) is 0.0278. The summed E-state index contributed by atoms with van der Waals surface area (Å²) in [5.74, 6) is -3.09. The van der Waals surface area contributed by atoms with Crippen LogP contribution in [-0.2, 0) is 56.8 Å². The van der Waals surface area contributed by atoms with Gasteiger partial charge in [-0.2, -0.15) is 267 Å². The normalized spacial score (nSPS) is 15.1. The molecule has 2 aromatic rings. The molecule has 9 N–H and O–H groups in total. The van der Waals surface area contributed by atoms with E-state index in [2.05, 4.69) is 39.4 Å². The Bertz CT molecular complexity index is 4010. The van der Waals surface area contributed by atoms with Crippen molar-refractivity contribution in [3.8, 4) is 0 Å². The number of nitrogens with zero attached hydrogens (tertiary/aromatic N) is 9. The highest BCUT2D eigenvalue weighted by atomic mass is 35.5. The van der Waals surface area contributed by atoms with Gasteiger partial charge in [0.15, 0.2) is 0 Å². The van der Waals surface area contributed by atoms with Crippen molar-refractivity contribution in [2.75, 3.05) is 93.7 Å². The minimum absolute atomic E-state index is 0.000000000000000444. The van der Waals surface area contributed by atoms with Crippen molar-refractivity contribution in [2.45, 2.75) is 197 Å². The van der Waals surface area contributed by atoms with E-state index in [-0.39, 0.29) is 33.8 Å². The Labute approximate surface area is 728 Å². The molecule has 0 radical (unpaired) electrons. The van der Waals surface area contributed by atoms with E-state index in [1.54, 1.807) is 4.74 Å². The zero-order valence-electron chi connectivity index (χ0n) is 63.3. The number of hydrogen-bond donors (Lipinski definition) is 9. The Balaban J connectivity index is 0.00000258. The molecular weight excluding hydrogens is 2190 g/mol. The SMILES string of the molecule is CCN(c1nc(N(CC)C(CO)CO)nc(N(CC(F)(F)OC(F)(F)C(F)(F)OC(F)(F)C(F)(F)OC(F)(F)C(F)(F)OC(F)(F)C(F)(F)OC(F)(F)C(F)(F)OC(F)(F)C(F)(F)F)C(CO)CO)n1)C(CO)CO.Clc1nc(Cl)nc(Cl)n1.OCC(CO)NCC(F)(F)OC(F)(F)C(F)(F)OC(F)(F)C(F)(F)OC(F)(F)C(F)(F)OC(F)(F)C(F)(F)OC(F)(F)C(F)(F)OC(F)(F)C(F)(F)F. The second kappa shape index (κ2) is 44.5. The van der Waals surface area contributed by atoms with Crippen LogP contribution in [-0.4, -0.2) is 333 Å². The monoisotopic (exact) mass is 2230 g/mol. The van der Waals surface area contributed by atoms with Crippen LogP contribution < -0.4 is 20.0 Å². The van der Waals surface area contributed by atoms with E-state index in [0.29, 0.717) is 0 Å². The van der Waals surface area contributed by atoms with Crippen LogP contribution in [0.15, 0.2) is 0 Å². The van der Waals surface area contributed by atoms with Gasteiger partial charge in [-0.05, 0) is 48.7 Å². The van der Waals surface area contributed by atoms with Gasteiger partial charge in [0.2, 0.25) is 33.7 Å². The minimum atomic E-state index is -8.38. The third-order valence-electron chi connectivity index (χ3n) is 13.8. The van der Waals surface area contributed by atoms with E-state index in [4.69, 9.17) is 45.0 Å². The number of aliphatic hydroxyl groups is 8. The lowest BCUT2D eigenvalue weighted by molar-refractivity contribution is -0.595. The van der Waals surface area contributed by atoms with E-state index >= 15 is 8.78 Å². The highest BCUT2D eigenvalue weighted by Crippen LogP contribution is 2.59. The first-order valence-electron chi connectivity index (χ1n) is 32.3. The predicted octanol–water partition coefficient (Wildman–Crippen LogP) is 13.7. The van der Waals surface area contributed by atoms with Gasteiger partial charge >= 0.3 is 159 Å². The number of alkyl halides is 54. The summed E-state index contributed by atoms with van der Waals surface area (Å²) in [7, 11) is 0. The Morgan fingerprint density at radius 1 is 0.226 bits per heavy atom. The van der Waals surface area contributed by atoms with Crippen LogP contribution in [0.2, 0.25) is 15.9 Å². The molecule has 2 heterocycles. The third kappa shape index (κ3) is 33.1. The third-order valence-corrected chi connectivity index (χ3v) is 14.3. The first-order valence-corrected chi connectivity index (χ1v) is 33.4. The van der Waals surface area contributed by atoms with Crippen molar-refractivity contribution in [3.05, 3.63) is 15.9 Å². The van der Waals surface area contributed by atoms with Crippen LogP contribution in [0.25, 0.3) is 0 Å². The largest absolute Gasteiger partial charge is 0.483 e. The molecule has 87 heteroatoms. The number of hydrogen-bond acceptors (Lipinski definition) is 30. The van der Waals surface area contributed by atoms with Gasteiger partial charge in [0.05, 0.1) is 83.6 Å². The molecule has 0 bridgehead atoms. The number of likely N-dealkylation sites (N-methyl/N-ethyl adjacent to an activating group) is 2. The van der Waals surface area contributed by atoms with Gasteiger partial charge in [-0.25, -0.2) is 56.8 Å². The highest BCUT2D eigenvalue weighted by molar-refractivity contribution is 6.33. The topological polar surface area (TPSA) is 372 Å². The lowest BCUT2D eigenvalue weighted by Gasteiger charge is -2.37. The molecule has 30 nitrogen and oxygen atoms in total. The summed E-state index contributed by atoms with van der Waals surface area (Å²) in [6, 6.07) is -7.13. The summed E-state index contributed by atoms with van der Waals surface area (Å²) < 4.78 is 742. The van der Waals surface area contributed by atoms with Crippen molar-refractivity contribution in [1.29, 1.82) is 0 Å². The minimum Gasteiger partial charge on any atom is -0.395 e. The Kier molecular flexibility index (Phi) is 42.4. The Morgan fingerprint density at radius 2 is 0.380 bits per heavy atom. The molecule has 0 aliphatic heterocycles. The number of aromatic nitrogens is 6. The summed E-state index contributed by atoms with van der Waals surface area (Å²) in [6.45, 7) is -13.4. The number of rotatable bonds is 55. The molecule has 0 spiro atoms. The predicted molar refractivity (Wildman–Crippen MR) is 312 cm³/mol. The summed E-state index contributed by atoms with van der Waals surface area (Å²) in [5, 5.41) is 76.8. The summed E-state index contributed by atoms with van der Waals surface area (Å²) >= 11 is 16.0. The van der Waals surface area contributed by atoms with E-state index in [0.717, 1.165) is 24.0 Å². The average molecular weight is 2240 g/mol. The average Bonchev–Trinajstić information content (AvgIpc) is 0.744. The number of anilines is 3. The fourth-order valence-electron chi connectivity index (χ4n) is 7.29. The van der Waals surface area contributed by atoms with Crippen LogP contribution in [0.5, 0.6) is 0 Å². The maximum atomic E-state index is 15.3. The zero-order chi connectivity index (χ0) is 109. The first-order chi connectivity index (χ1) is 60.3. The van der Waals surface area contributed by atoms with Crippen LogP contribution in [0.3, 0.4) is 0 Å². The lowest BCUT2D eigenvalue weighted by atomic mass is 10.2. The lowest BCUT2D eigenvalue weighted by Crippen LogP contribution is -2.62. The summed E-state index contributed by atoms with van der Waals surface area (Å²) in [6.07, 6.45) is -204. The fraction of sp³-hybridized carbons (Fsp3) is 0.880. The molecule has 0 unspecified atom stereocenters. The molecule has 812 valence electrons. The molecule has 2 aromatic heterocycles. The Hall–Kier alpha value is -6.33. The number of aliphatic hydroxyl groups excluding tert-OH is 8. The van der Waals surface area contributed by atoms with Crippen LogP contribution in [0, 0.1) is 0 Å². The smallest absolute Gasteiger partial charge is 0.395 e. The summed E-state index contributed by atoms with van der Waals surface area (Å²) in [4.78, 5) is 22.9. The van der Waals surface area contributed by atoms with E-state index in [1.807, 2.05) is 0 Å². The van der Waals surface area contributed by atoms with E-state index in [9.17, 15) is 259 Å². The molecule has 2 rings (SSSR count). The van der Waals surface area contributed by atoms with Crippen molar-refractivity contribution < 1.29 is 335 Å². The molecule has 0 atom stereocenters. The Morgan fingerprint density at radius 3 is 0.540 bits per heavy atom. The van der Waals surface area contributed by atoms with E-state index < -0.39 is 267 Å². The van der Waals surface area contributed by atoms with Gasteiger partial charge in [0.25, 0.3) is 0 Å². The number of nitrogens with one attached hydrogen (secondary N) is 1. The highest BCUT2D eigenvalue weighted by Gasteiger charge is 2.84. The molecular formula is C50H43Cl3F54N10O20. The second-order valence-electron chi connectivity index (χ2n) is 23.9. The second-order valence-corrected chi connectivity index (χ2v) is 25.0. The van der Waals surface area contributed by atoms with Gasteiger partial charge < -0.3 is 60.9 Å². The van der Waals surface area contributed by atoms with Gasteiger partial charge in [-0.1, -0.05) is 0 Å². The molecule has 0 amide bonds. The van der Waals surface area contributed by atoms with Crippen molar-refractivity contribution in [1.82, 2.24) is 35.2 Å². The molecule has 0 aliphatic rings. The first kappa shape index (κ1) is 131. The molecule has 0 saturated carbocycles. The van der Waals surface area contributed by atoms with E-state index in [1.165, 1.54) is 47.6 Å². The maximum Gasteiger partial charge on any atom is 0.483 e.